The lowest BCUT2D eigenvalue weighted by atomic mass is 10.1. The standard InChI is InChI=1S/C21H22N2O2S2/c1-3-23(12-16-8-10-18(25-2)11-9-16)21(24)19-6-4-5-7-20(19)27-14-17-13-26-15-22-17/h4-11,13,15H,3,12,14H2,1-2H3. The van der Waals surface area contributed by atoms with E-state index in [1.807, 2.05) is 71.2 Å². The van der Waals surface area contributed by atoms with Crippen molar-refractivity contribution in [2.75, 3.05) is 13.7 Å². The second kappa shape index (κ2) is 9.58. The average molecular weight is 399 g/mol. The van der Waals surface area contributed by atoms with E-state index in [-0.39, 0.29) is 5.91 Å². The Morgan fingerprint density at radius 1 is 1.19 bits per heavy atom. The van der Waals surface area contributed by atoms with Crippen molar-refractivity contribution in [3.8, 4) is 5.75 Å². The summed E-state index contributed by atoms with van der Waals surface area (Å²) >= 11 is 3.24. The topological polar surface area (TPSA) is 42.4 Å². The molecule has 0 bridgehead atoms. The lowest BCUT2D eigenvalue weighted by molar-refractivity contribution is 0.0749. The highest BCUT2D eigenvalue weighted by Crippen LogP contribution is 2.27. The average Bonchev–Trinajstić information content (AvgIpc) is 3.24. The molecule has 6 heteroatoms. The maximum absolute atomic E-state index is 13.2. The van der Waals surface area contributed by atoms with Crippen LogP contribution in [-0.2, 0) is 12.3 Å². The van der Waals surface area contributed by atoms with E-state index in [9.17, 15) is 4.79 Å². The van der Waals surface area contributed by atoms with Gasteiger partial charge >= 0.3 is 0 Å². The number of thioether (sulfide) groups is 1. The zero-order valence-electron chi connectivity index (χ0n) is 15.4. The number of carbonyl (C=O) groups is 1. The fourth-order valence-corrected chi connectivity index (χ4v) is 4.29. The highest BCUT2D eigenvalue weighted by Gasteiger charge is 2.18. The van der Waals surface area contributed by atoms with Gasteiger partial charge in [-0.25, -0.2) is 4.98 Å². The summed E-state index contributed by atoms with van der Waals surface area (Å²) in [7, 11) is 1.65. The molecule has 140 valence electrons. The Balaban J connectivity index is 1.74. The Bertz CT molecular complexity index is 864. The zero-order chi connectivity index (χ0) is 19.1. The van der Waals surface area contributed by atoms with Crippen LogP contribution in [0.4, 0.5) is 0 Å². The lowest BCUT2D eigenvalue weighted by Gasteiger charge is -2.22. The largest absolute Gasteiger partial charge is 0.497 e. The molecule has 0 saturated heterocycles. The van der Waals surface area contributed by atoms with E-state index in [0.29, 0.717) is 13.1 Å². The monoisotopic (exact) mass is 398 g/mol. The first-order chi connectivity index (χ1) is 13.2. The van der Waals surface area contributed by atoms with Crippen LogP contribution in [0.1, 0.15) is 28.5 Å². The second-order valence-corrected chi connectivity index (χ2v) is 7.67. The molecule has 0 fully saturated rings. The van der Waals surface area contributed by atoms with Gasteiger partial charge in [-0.1, -0.05) is 24.3 Å². The molecular weight excluding hydrogens is 376 g/mol. The molecule has 0 saturated carbocycles. The molecule has 1 aromatic heterocycles. The quantitative estimate of drug-likeness (QED) is 0.495. The van der Waals surface area contributed by atoms with Gasteiger partial charge in [0.2, 0.25) is 0 Å². The molecule has 1 heterocycles. The van der Waals surface area contributed by atoms with Crippen molar-refractivity contribution in [3.63, 3.8) is 0 Å². The van der Waals surface area contributed by atoms with Crippen molar-refractivity contribution in [1.29, 1.82) is 0 Å². The van der Waals surface area contributed by atoms with Crippen molar-refractivity contribution in [2.45, 2.75) is 24.1 Å². The van der Waals surface area contributed by atoms with Crippen molar-refractivity contribution < 1.29 is 9.53 Å². The fraction of sp³-hybridized carbons (Fsp3) is 0.238. The van der Waals surface area contributed by atoms with E-state index < -0.39 is 0 Å². The molecule has 4 nitrogen and oxygen atoms in total. The molecular formula is C21H22N2O2S2. The molecule has 0 aliphatic carbocycles. The predicted molar refractivity (Wildman–Crippen MR) is 112 cm³/mol. The third kappa shape index (κ3) is 5.11. The summed E-state index contributed by atoms with van der Waals surface area (Å²) in [4.78, 5) is 20.3. The minimum atomic E-state index is 0.0506. The summed E-state index contributed by atoms with van der Waals surface area (Å²) in [6.07, 6.45) is 0. The Morgan fingerprint density at radius 2 is 1.96 bits per heavy atom. The summed E-state index contributed by atoms with van der Waals surface area (Å²) in [6.45, 7) is 3.23. The molecule has 3 rings (SSSR count). The summed E-state index contributed by atoms with van der Waals surface area (Å²) in [5, 5.41) is 2.04. The molecule has 0 atom stereocenters. The van der Waals surface area contributed by atoms with E-state index in [2.05, 4.69) is 4.98 Å². The number of methoxy groups -OCH3 is 1. The number of hydrogen-bond acceptors (Lipinski definition) is 5. The zero-order valence-corrected chi connectivity index (χ0v) is 17.1. The van der Waals surface area contributed by atoms with Gasteiger partial charge in [0.15, 0.2) is 0 Å². The van der Waals surface area contributed by atoms with Crippen LogP contribution in [0, 0.1) is 0 Å². The molecule has 3 aromatic rings. The number of carbonyl (C=O) groups excluding carboxylic acids is 1. The first-order valence-electron chi connectivity index (χ1n) is 8.72. The van der Waals surface area contributed by atoms with Gasteiger partial charge in [0, 0.05) is 29.1 Å². The maximum atomic E-state index is 13.2. The third-order valence-corrected chi connectivity index (χ3v) is 5.92. The van der Waals surface area contributed by atoms with Crippen LogP contribution in [0.15, 0.2) is 64.3 Å². The number of rotatable bonds is 8. The molecule has 0 spiro atoms. The maximum Gasteiger partial charge on any atom is 0.255 e. The van der Waals surface area contributed by atoms with Gasteiger partial charge < -0.3 is 9.64 Å². The van der Waals surface area contributed by atoms with Crippen molar-refractivity contribution in [1.82, 2.24) is 9.88 Å². The number of thiazole rings is 1. The highest BCUT2D eigenvalue weighted by atomic mass is 32.2. The van der Waals surface area contributed by atoms with Crippen LogP contribution in [-0.4, -0.2) is 29.4 Å². The van der Waals surface area contributed by atoms with E-state index in [4.69, 9.17) is 4.74 Å². The van der Waals surface area contributed by atoms with Gasteiger partial charge in [-0.3, -0.25) is 4.79 Å². The van der Waals surface area contributed by atoms with E-state index >= 15 is 0 Å². The van der Waals surface area contributed by atoms with Crippen LogP contribution in [0.5, 0.6) is 5.75 Å². The predicted octanol–water partition coefficient (Wildman–Crippen LogP) is 5.11. The number of benzene rings is 2. The molecule has 0 aliphatic rings. The van der Waals surface area contributed by atoms with Crippen molar-refractivity contribution >= 4 is 29.0 Å². The molecule has 0 unspecified atom stereocenters. The summed E-state index contributed by atoms with van der Waals surface area (Å²) in [5.41, 5.74) is 4.70. The van der Waals surface area contributed by atoms with Crippen LogP contribution < -0.4 is 4.74 Å². The van der Waals surface area contributed by atoms with E-state index in [1.54, 1.807) is 30.2 Å². The normalized spacial score (nSPS) is 10.6. The van der Waals surface area contributed by atoms with Crippen LogP contribution in [0.2, 0.25) is 0 Å². The Labute approximate surface area is 168 Å². The van der Waals surface area contributed by atoms with E-state index in [1.165, 1.54) is 0 Å². The Hall–Kier alpha value is -2.31. The Morgan fingerprint density at radius 3 is 2.63 bits per heavy atom. The minimum Gasteiger partial charge on any atom is -0.497 e. The van der Waals surface area contributed by atoms with Gasteiger partial charge in [0.05, 0.1) is 23.9 Å². The second-order valence-electron chi connectivity index (χ2n) is 5.93. The number of hydrogen-bond donors (Lipinski definition) is 0. The molecule has 0 radical (unpaired) electrons. The number of nitrogens with zero attached hydrogens (tertiary/aromatic N) is 2. The van der Waals surface area contributed by atoms with Gasteiger partial charge in [0.25, 0.3) is 5.91 Å². The summed E-state index contributed by atoms with van der Waals surface area (Å²) in [6, 6.07) is 15.6. The van der Waals surface area contributed by atoms with Gasteiger partial charge in [-0.2, -0.15) is 0 Å². The minimum absolute atomic E-state index is 0.0506. The van der Waals surface area contributed by atoms with Crippen LogP contribution in [0.3, 0.4) is 0 Å². The fourth-order valence-electron chi connectivity index (χ4n) is 2.68. The van der Waals surface area contributed by atoms with Gasteiger partial charge in [-0.15, -0.1) is 23.1 Å². The molecule has 1 amide bonds. The smallest absolute Gasteiger partial charge is 0.255 e. The SMILES string of the molecule is CCN(Cc1ccc(OC)cc1)C(=O)c1ccccc1SCc1cscn1. The van der Waals surface area contributed by atoms with Crippen LogP contribution in [0.25, 0.3) is 0 Å². The number of aromatic nitrogens is 1. The van der Waals surface area contributed by atoms with Crippen LogP contribution >= 0.6 is 23.1 Å². The molecule has 0 aliphatic heterocycles. The number of ether oxygens (including phenoxy) is 1. The van der Waals surface area contributed by atoms with Gasteiger partial charge in [0.1, 0.15) is 5.75 Å². The molecule has 27 heavy (non-hydrogen) atoms. The van der Waals surface area contributed by atoms with Crippen molar-refractivity contribution in [2.24, 2.45) is 0 Å². The number of amides is 1. The first kappa shape index (κ1) is 19.5. The Kier molecular flexibility index (Phi) is 6.90. The van der Waals surface area contributed by atoms with Gasteiger partial charge in [-0.05, 0) is 36.8 Å². The molecule has 2 aromatic carbocycles. The van der Waals surface area contributed by atoms with Crippen molar-refractivity contribution in [3.05, 3.63) is 76.2 Å². The summed E-state index contributed by atoms with van der Waals surface area (Å²) in [5.74, 6) is 1.63. The first-order valence-corrected chi connectivity index (χ1v) is 10.6. The highest BCUT2D eigenvalue weighted by molar-refractivity contribution is 7.98. The molecule has 0 N–H and O–H groups in total. The summed E-state index contributed by atoms with van der Waals surface area (Å²) < 4.78 is 5.20. The lowest BCUT2D eigenvalue weighted by Crippen LogP contribution is -2.30. The van der Waals surface area contributed by atoms with E-state index in [0.717, 1.165) is 33.2 Å². The third-order valence-electron chi connectivity index (χ3n) is 4.18.